The lowest BCUT2D eigenvalue weighted by molar-refractivity contribution is 0.0111. The fourth-order valence-corrected chi connectivity index (χ4v) is 3.83. The highest BCUT2D eigenvalue weighted by Crippen LogP contribution is 2.37. The van der Waals surface area contributed by atoms with Gasteiger partial charge in [0.2, 0.25) is 0 Å². The maximum atomic E-state index is 12.0. The molecule has 26 heavy (non-hydrogen) atoms. The van der Waals surface area contributed by atoms with Crippen LogP contribution in [0.5, 0.6) is 0 Å². The van der Waals surface area contributed by atoms with E-state index in [2.05, 4.69) is 39.8 Å². The van der Waals surface area contributed by atoms with Gasteiger partial charge in [0, 0.05) is 19.3 Å². The number of H-pyrrole nitrogens is 1. The van der Waals surface area contributed by atoms with Crippen molar-refractivity contribution in [1.82, 2.24) is 15.0 Å². The van der Waals surface area contributed by atoms with Gasteiger partial charge in [-0.05, 0) is 49.4 Å². The van der Waals surface area contributed by atoms with Crippen molar-refractivity contribution in [2.24, 2.45) is 0 Å². The molecule has 1 aliphatic heterocycles. The van der Waals surface area contributed by atoms with Crippen LogP contribution in [0, 0.1) is 13.8 Å². The van der Waals surface area contributed by atoms with Gasteiger partial charge in [-0.2, -0.15) is 0 Å². The number of nitrogens with one attached hydrogen (secondary N) is 1. The summed E-state index contributed by atoms with van der Waals surface area (Å²) in [6, 6.07) is 7.78. The van der Waals surface area contributed by atoms with Crippen LogP contribution in [0.2, 0.25) is 0 Å². The van der Waals surface area contributed by atoms with Gasteiger partial charge in [-0.1, -0.05) is 18.2 Å². The van der Waals surface area contributed by atoms with Crippen LogP contribution >= 0.6 is 0 Å². The van der Waals surface area contributed by atoms with Gasteiger partial charge in [0.25, 0.3) is 5.56 Å². The van der Waals surface area contributed by atoms with Crippen LogP contribution < -0.4 is 10.5 Å². The van der Waals surface area contributed by atoms with Gasteiger partial charge in [0.1, 0.15) is 5.52 Å². The molecule has 3 heterocycles. The van der Waals surface area contributed by atoms with E-state index < -0.39 is 5.60 Å². The van der Waals surface area contributed by atoms with Gasteiger partial charge in [-0.15, -0.1) is 0 Å². The number of fused-ring (bicyclic) bond motifs is 1. The smallest absolute Gasteiger partial charge is 0.258 e. The van der Waals surface area contributed by atoms with Crippen LogP contribution in [0.1, 0.15) is 29.5 Å². The van der Waals surface area contributed by atoms with Gasteiger partial charge < -0.3 is 15.0 Å². The van der Waals surface area contributed by atoms with Gasteiger partial charge in [-0.3, -0.25) is 4.79 Å². The quantitative estimate of drug-likeness (QED) is 0.742. The number of nitrogens with zero attached hydrogens (tertiary/aromatic N) is 3. The molecule has 0 saturated carbocycles. The molecule has 6 heteroatoms. The molecule has 1 saturated heterocycles. The normalized spacial score (nSPS) is 16.8. The van der Waals surface area contributed by atoms with Gasteiger partial charge in [0.05, 0.1) is 17.3 Å². The highest BCUT2D eigenvalue weighted by Gasteiger charge is 2.36. The number of aromatic amines is 1. The van der Waals surface area contributed by atoms with E-state index in [1.165, 1.54) is 11.9 Å². The summed E-state index contributed by atoms with van der Waals surface area (Å²) < 4.78 is 0. The Morgan fingerprint density at radius 1 is 1.15 bits per heavy atom. The first kappa shape index (κ1) is 16.7. The number of pyridine rings is 1. The van der Waals surface area contributed by atoms with Crippen molar-refractivity contribution in [3.63, 3.8) is 0 Å². The molecule has 2 aromatic heterocycles. The topological polar surface area (TPSA) is 82.1 Å². The zero-order valence-electron chi connectivity index (χ0n) is 15.0. The van der Waals surface area contributed by atoms with E-state index in [9.17, 15) is 9.90 Å². The summed E-state index contributed by atoms with van der Waals surface area (Å²) in [6.45, 7) is 5.45. The highest BCUT2D eigenvalue weighted by atomic mass is 16.3. The third kappa shape index (κ3) is 2.66. The summed E-state index contributed by atoms with van der Waals surface area (Å²) in [5.41, 5.74) is 2.97. The molecule has 4 rings (SSSR count). The van der Waals surface area contributed by atoms with E-state index in [0.29, 0.717) is 42.7 Å². The largest absolute Gasteiger partial charge is 0.385 e. The SMILES string of the molecule is Cc1cccc(C2(O)CCN(c3nccc4c(=O)[nH]cnc34)CC2)c1C. The molecule has 1 aromatic carbocycles. The van der Waals surface area contributed by atoms with Crippen LogP contribution in [0.25, 0.3) is 10.9 Å². The van der Waals surface area contributed by atoms with Crippen molar-refractivity contribution in [2.45, 2.75) is 32.3 Å². The van der Waals surface area contributed by atoms with Crippen LogP contribution in [0.3, 0.4) is 0 Å². The molecule has 0 spiro atoms. The van der Waals surface area contributed by atoms with Gasteiger partial charge in [0.15, 0.2) is 5.82 Å². The second-order valence-corrected chi connectivity index (χ2v) is 7.03. The number of anilines is 1. The number of benzene rings is 1. The highest BCUT2D eigenvalue weighted by molar-refractivity contribution is 5.87. The van der Waals surface area contributed by atoms with Crippen LogP contribution in [-0.2, 0) is 5.60 Å². The molecule has 0 unspecified atom stereocenters. The number of rotatable bonds is 2. The molecule has 0 amide bonds. The van der Waals surface area contributed by atoms with Crippen molar-refractivity contribution in [2.75, 3.05) is 18.0 Å². The summed E-state index contributed by atoms with van der Waals surface area (Å²) in [6.07, 6.45) is 4.27. The average molecular weight is 350 g/mol. The number of aryl methyl sites for hydroxylation is 1. The second kappa shape index (κ2) is 6.21. The molecule has 1 aliphatic rings. The minimum Gasteiger partial charge on any atom is -0.385 e. The van der Waals surface area contributed by atoms with Crippen molar-refractivity contribution in [1.29, 1.82) is 0 Å². The van der Waals surface area contributed by atoms with E-state index >= 15 is 0 Å². The lowest BCUT2D eigenvalue weighted by atomic mass is 9.81. The Labute approximate surface area is 151 Å². The fourth-order valence-electron chi connectivity index (χ4n) is 3.83. The number of hydrogen-bond donors (Lipinski definition) is 2. The molecule has 134 valence electrons. The Morgan fingerprint density at radius 2 is 1.92 bits per heavy atom. The maximum absolute atomic E-state index is 12.0. The molecule has 0 aliphatic carbocycles. The molecule has 0 radical (unpaired) electrons. The summed E-state index contributed by atoms with van der Waals surface area (Å²) in [4.78, 5) is 25.5. The van der Waals surface area contributed by atoms with Crippen molar-refractivity contribution < 1.29 is 5.11 Å². The van der Waals surface area contributed by atoms with E-state index in [-0.39, 0.29) is 5.56 Å². The predicted octanol–water partition coefficient (Wildman–Crippen LogP) is 2.42. The molecule has 2 N–H and O–H groups in total. The zero-order valence-corrected chi connectivity index (χ0v) is 15.0. The number of aromatic nitrogens is 3. The summed E-state index contributed by atoms with van der Waals surface area (Å²) in [5, 5.41) is 11.8. The molecule has 0 bridgehead atoms. The lowest BCUT2D eigenvalue weighted by Gasteiger charge is -2.40. The molecular weight excluding hydrogens is 328 g/mol. The Morgan fingerprint density at radius 3 is 2.69 bits per heavy atom. The Bertz CT molecular complexity index is 1020. The molecule has 3 aromatic rings. The van der Waals surface area contributed by atoms with Gasteiger partial charge in [-0.25, -0.2) is 9.97 Å². The van der Waals surface area contributed by atoms with Crippen LogP contribution in [-0.4, -0.2) is 33.1 Å². The standard InChI is InChI=1S/C20H22N4O2/c1-13-4-3-5-16(14(13)2)20(26)7-10-24(11-8-20)18-17-15(6-9-21-18)19(25)23-12-22-17/h3-6,9,12,26H,7-8,10-11H2,1-2H3,(H,22,23,25). The third-order valence-electron chi connectivity index (χ3n) is 5.53. The molecular formula is C20H22N4O2. The van der Waals surface area contributed by atoms with Crippen LogP contribution in [0.4, 0.5) is 5.82 Å². The second-order valence-electron chi connectivity index (χ2n) is 7.03. The lowest BCUT2D eigenvalue weighted by Crippen LogP contribution is -2.43. The maximum Gasteiger partial charge on any atom is 0.258 e. The van der Waals surface area contributed by atoms with E-state index in [1.54, 1.807) is 12.3 Å². The Kier molecular flexibility index (Phi) is 4.00. The van der Waals surface area contributed by atoms with Crippen LogP contribution in [0.15, 0.2) is 41.6 Å². The predicted molar refractivity (Wildman–Crippen MR) is 101 cm³/mol. The number of piperidine rings is 1. The number of hydrogen-bond acceptors (Lipinski definition) is 5. The van der Waals surface area contributed by atoms with Crippen molar-refractivity contribution >= 4 is 16.7 Å². The first-order chi connectivity index (χ1) is 12.5. The summed E-state index contributed by atoms with van der Waals surface area (Å²) in [5.74, 6) is 0.705. The van der Waals surface area contributed by atoms with E-state index in [1.807, 2.05) is 12.1 Å². The summed E-state index contributed by atoms with van der Waals surface area (Å²) in [7, 11) is 0. The Hall–Kier alpha value is -2.73. The van der Waals surface area contributed by atoms with Crippen molar-refractivity contribution in [3.05, 3.63) is 63.8 Å². The first-order valence-electron chi connectivity index (χ1n) is 8.86. The number of aliphatic hydroxyl groups is 1. The fraction of sp³-hybridized carbons (Fsp3) is 0.350. The summed E-state index contributed by atoms with van der Waals surface area (Å²) >= 11 is 0. The Balaban J connectivity index is 1.64. The van der Waals surface area contributed by atoms with E-state index in [0.717, 1.165) is 11.1 Å². The third-order valence-corrected chi connectivity index (χ3v) is 5.53. The average Bonchev–Trinajstić information content (AvgIpc) is 2.65. The molecule has 0 atom stereocenters. The molecule has 6 nitrogen and oxygen atoms in total. The zero-order chi connectivity index (χ0) is 18.3. The minimum atomic E-state index is -0.831. The van der Waals surface area contributed by atoms with E-state index in [4.69, 9.17) is 0 Å². The van der Waals surface area contributed by atoms with Gasteiger partial charge >= 0.3 is 0 Å². The first-order valence-corrected chi connectivity index (χ1v) is 8.86. The minimum absolute atomic E-state index is 0.164. The van der Waals surface area contributed by atoms with Crippen molar-refractivity contribution in [3.8, 4) is 0 Å². The molecule has 1 fully saturated rings. The monoisotopic (exact) mass is 350 g/mol.